The predicted octanol–water partition coefficient (Wildman–Crippen LogP) is 2.09. The maximum Gasteiger partial charge on any atom is 0.248 e. The average molecular weight is 301 g/mol. The highest BCUT2D eigenvalue weighted by Gasteiger charge is 2.18. The number of aliphatic hydroxyl groups is 1. The molecular formula is C17H23N3O2. The Bertz CT molecular complexity index is 635. The number of aryl methyl sites for hydroxylation is 1. The number of rotatable bonds is 6. The molecule has 22 heavy (non-hydrogen) atoms. The van der Waals surface area contributed by atoms with E-state index in [1.165, 1.54) is 0 Å². The van der Waals surface area contributed by atoms with Crippen LogP contribution in [-0.2, 0) is 17.8 Å². The Labute approximate surface area is 131 Å². The third-order valence-corrected chi connectivity index (χ3v) is 3.86. The molecule has 0 spiro atoms. The number of likely N-dealkylation sites (N-methyl/N-ethyl adjacent to an activating group) is 1. The summed E-state index contributed by atoms with van der Waals surface area (Å²) in [5.41, 5.74) is 3.75. The fraction of sp³-hybridized carbons (Fsp3) is 0.412. The van der Waals surface area contributed by atoms with Crippen LogP contribution in [0.4, 0.5) is 5.69 Å². The number of aromatic nitrogens is 2. The summed E-state index contributed by atoms with van der Waals surface area (Å²) < 4.78 is 1.73. The van der Waals surface area contributed by atoms with Crippen molar-refractivity contribution < 1.29 is 9.90 Å². The molecule has 5 nitrogen and oxygen atoms in total. The third-order valence-electron chi connectivity index (χ3n) is 3.86. The topological polar surface area (TPSA) is 58.4 Å². The molecule has 2 aromatic rings. The first-order valence-electron chi connectivity index (χ1n) is 7.57. The van der Waals surface area contributed by atoms with Crippen molar-refractivity contribution in [2.24, 2.45) is 0 Å². The molecule has 0 bridgehead atoms. The number of hydrogen-bond donors (Lipinski definition) is 1. The molecule has 0 aliphatic rings. The van der Waals surface area contributed by atoms with Crippen LogP contribution in [0.25, 0.3) is 0 Å². The van der Waals surface area contributed by atoms with Crippen molar-refractivity contribution in [3.63, 3.8) is 0 Å². The standard InChI is InChI=1S/C17H23N3O2/c1-4-19(15-8-6-5-7-9-15)17(22)12-20-14(3)16(10-11-21)13(2)18-20/h5-9,21H,4,10-12H2,1-3H3. The fourth-order valence-corrected chi connectivity index (χ4v) is 2.69. The van der Waals surface area contributed by atoms with Crippen molar-refractivity contribution in [1.29, 1.82) is 0 Å². The van der Waals surface area contributed by atoms with Gasteiger partial charge in [0.2, 0.25) is 5.91 Å². The SMILES string of the molecule is CCN(C(=O)Cn1nc(C)c(CCO)c1C)c1ccccc1. The molecule has 0 atom stereocenters. The lowest BCUT2D eigenvalue weighted by Crippen LogP contribution is -2.34. The van der Waals surface area contributed by atoms with Gasteiger partial charge in [-0.3, -0.25) is 9.48 Å². The predicted molar refractivity (Wildman–Crippen MR) is 87.0 cm³/mol. The van der Waals surface area contributed by atoms with Gasteiger partial charge in [-0.25, -0.2) is 0 Å². The van der Waals surface area contributed by atoms with Crippen LogP contribution in [-0.4, -0.2) is 33.9 Å². The Morgan fingerprint density at radius 1 is 1.27 bits per heavy atom. The summed E-state index contributed by atoms with van der Waals surface area (Å²) in [6.07, 6.45) is 0.571. The van der Waals surface area contributed by atoms with E-state index < -0.39 is 0 Å². The van der Waals surface area contributed by atoms with Crippen molar-refractivity contribution in [3.8, 4) is 0 Å². The van der Waals surface area contributed by atoms with E-state index in [1.54, 1.807) is 9.58 Å². The zero-order chi connectivity index (χ0) is 16.1. The third kappa shape index (κ3) is 3.36. The zero-order valence-electron chi connectivity index (χ0n) is 13.4. The number of carbonyl (C=O) groups excluding carboxylic acids is 1. The summed E-state index contributed by atoms with van der Waals surface area (Å²) in [5.74, 6) is 0.00912. The minimum Gasteiger partial charge on any atom is -0.396 e. The maximum absolute atomic E-state index is 12.6. The highest BCUT2D eigenvalue weighted by molar-refractivity contribution is 5.93. The molecule has 5 heteroatoms. The molecule has 0 saturated carbocycles. The molecule has 1 N–H and O–H groups in total. The summed E-state index contributed by atoms with van der Waals surface area (Å²) in [4.78, 5) is 14.3. The van der Waals surface area contributed by atoms with E-state index in [9.17, 15) is 4.79 Å². The van der Waals surface area contributed by atoms with Crippen LogP contribution in [0.1, 0.15) is 23.9 Å². The van der Waals surface area contributed by atoms with Crippen molar-refractivity contribution in [3.05, 3.63) is 47.3 Å². The molecule has 2 rings (SSSR count). The number of aliphatic hydroxyl groups excluding tert-OH is 1. The number of anilines is 1. The second kappa shape index (κ2) is 7.22. The summed E-state index contributed by atoms with van der Waals surface area (Å²) in [5, 5.41) is 13.6. The zero-order valence-corrected chi connectivity index (χ0v) is 13.4. The van der Waals surface area contributed by atoms with Crippen molar-refractivity contribution in [2.45, 2.75) is 33.7 Å². The molecule has 0 saturated heterocycles. The van der Waals surface area contributed by atoms with E-state index in [2.05, 4.69) is 5.10 Å². The minimum atomic E-state index is 0.00912. The van der Waals surface area contributed by atoms with Gasteiger partial charge in [0.1, 0.15) is 6.54 Å². The van der Waals surface area contributed by atoms with Gasteiger partial charge in [0.15, 0.2) is 0 Å². The molecule has 0 aliphatic carbocycles. The monoisotopic (exact) mass is 301 g/mol. The lowest BCUT2D eigenvalue weighted by Gasteiger charge is -2.21. The summed E-state index contributed by atoms with van der Waals surface area (Å²) in [6, 6.07) is 9.64. The van der Waals surface area contributed by atoms with E-state index in [0.717, 1.165) is 22.6 Å². The average Bonchev–Trinajstić information content (AvgIpc) is 2.77. The van der Waals surface area contributed by atoms with E-state index in [1.807, 2.05) is 51.1 Å². The van der Waals surface area contributed by atoms with Crippen LogP contribution in [0.5, 0.6) is 0 Å². The fourth-order valence-electron chi connectivity index (χ4n) is 2.69. The number of hydrogen-bond acceptors (Lipinski definition) is 3. The molecule has 0 unspecified atom stereocenters. The van der Waals surface area contributed by atoms with E-state index in [4.69, 9.17) is 5.11 Å². The van der Waals surface area contributed by atoms with Gasteiger partial charge < -0.3 is 10.0 Å². The second-order valence-electron chi connectivity index (χ2n) is 5.25. The molecule has 118 valence electrons. The summed E-state index contributed by atoms with van der Waals surface area (Å²) in [7, 11) is 0. The van der Waals surface area contributed by atoms with Gasteiger partial charge in [-0.1, -0.05) is 18.2 Å². The number of para-hydroxylation sites is 1. The molecule has 1 aromatic heterocycles. The van der Waals surface area contributed by atoms with Crippen LogP contribution >= 0.6 is 0 Å². The first kappa shape index (κ1) is 16.2. The van der Waals surface area contributed by atoms with E-state index in [-0.39, 0.29) is 19.1 Å². The lowest BCUT2D eigenvalue weighted by molar-refractivity contribution is -0.119. The molecule has 0 aliphatic heterocycles. The van der Waals surface area contributed by atoms with Gasteiger partial charge >= 0.3 is 0 Å². The molecule has 0 radical (unpaired) electrons. The number of carbonyl (C=O) groups is 1. The van der Waals surface area contributed by atoms with Crippen LogP contribution in [0, 0.1) is 13.8 Å². The van der Waals surface area contributed by atoms with Crippen LogP contribution in [0.2, 0.25) is 0 Å². The van der Waals surface area contributed by atoms with Gasteiger partial charge in [-0.15, -0.1) is 0 Å². The Hall–Kier alpha value is -2.14. The highest BCUT2D eigenvalue weighted by atomic mass is 16.3. The van der Waals surface area contributed by atoms with Crippen LogP contribution < -0.4 is 4.90 Å². The van der Waals surface area contributed by atoms with Crippen molar-refractivity contribution in [2.75, 3.05) is 18.1 Å². The summed E-state index contributed by atoms with van der Waals surface area (Å²) in [6.45, 7) is 6.73. The molecule has 0 fully saturated rings. The highest BCUT2D eigenvalue weighted by Crippen LogP contribution is 2.16. The number of benzene rings is 1. The number of nitrogens with zero attached hydrogens (tertiary/aromatic N) is 3. The van der Waals surface area contributed by atoms with Crippen molar-refractivity contribution in [1.82, 2.24) is 9.78 Å². The Kier molecular flexibility index (Phi) is 5.33. The first-order valence-corrected chi connectivity index (χ1v) is 7.57. The minimum absolute atomic E-state index is 0.00912. The summed E-state index contributed by atoms with van der Waals surface area (Å²) >= 11 is 0. The molecule has 1 heterocycles. The number of amides is 1. The first-order chi connectivity index (χ1) is 10.6. The largest absolute Gasteiger partial charge is 0.396 e. The van der Waals surface area contributed by atoms with Gasteiger partial charge in [-0.2, -0.15) is 5.10 Å². The van der Waals surface area contributed by atoms with E-state index >= 15 is 0 Å². The van der Waals surface area contributed by atoms with Crippen molar-refractivity contribution >= 4 is 11.6 Å². The van der Waals surface area contributed by atoms with Crippen LogP contribution in [0.3, 0.4) is 0 Å². The lowest BCUT2D eigenvalue weighted by atomic mass is 10.1. The smallest absolute Gasteiger partial charge is 0.248 e. The van der Waals surface area contributed by atoms with Gasteiger partial charge in [0.25, 0.3) is 0 Å². The molecular weight excluding hydrogens is 278 g/mol. The van der Waals surface area contributed by atoms with Crippen LogP contribution in [0.15, 0.2) is 30.3 Å². The second-order valence-corrected chi connectivity index (χ2v) is 5.25. The van der Waals surface area contributed by atoms with Gasteiger partial charge in [0.05, 0.1) is 5.69 Å². The quantitative estimate of drug-likeness (QED) is 0.889. The normalized spacial score (nSPS) is 10.7. The Morgan fingerprint density at radius 2 is 1.95 bits per heavy atom. The molecule has 1 aromatic carbocycles. The van der Waals surface area contributed by atoms with Gasteiger partial charge in [-0.05, 0) is 44.9 Å². The maximum atomic E-state index is 12.6. The Balaban J connectivity index is 2.19. The van der Waals surface area contributed by atoms with E-state index in [0.29, 0.717) is 13.0 Å². The molecule has 1 amide bonds. The Morgan fingerprint density at radius 3 is 2.55 bits per heavy atom. The van der Waals surface area contributed by atoms with Gasteiger partial charge in [0, 0.05) is 24.5 Å².